The van der Waals surface area contributed by atoms with E-state index in [4.69, 9.17) is 5.73 Å². The van der Waals surface area contributed by atoms with Crippen molar-refractivity contribution in [3.63, 3.8) is 0 Å². The SMILES string of the molecule is Cc1ccc2c(c1)C(O)(CN)CCC2(C)C. The Balaban J connectivity index is 2.63. The molecule has 2 heteroatoms. The lowest BCUT2D eigenvalue weighted by Crippen LogP contribution is -2.42. The van der Waals surface area contributed by atoms with Gasteiger partial charge in [0, 0.05) is 6.54 Å². The molecule has 88 valence electrons. The van der Waals surface area contributed by atoms with Crippen LogP contribution in [0.4, 0.5) is 0 Å². The van der Waals surface area contributed by atoms with Crippen LogP contribution in [0.2, 0.25) is 0 Å². The minimum atomic E-state index is -0.823. The lowest BCUT2D eigenvalue weighted by atomic mass is 9.66. The first-order chi connectivity index (χ1) is 7.39. The van der Waals surface area contributed by atoms with Gasteiger partial charge in [-0.25, -0.2) is 0 Å². The van der Waals surface area contributed by atoms with Crippen molar-refractivity contribution in [2.45, 2.75) is 44.6 Å². The average molecular weight is 219 g/mol. The molecular formula is C14H21NO. The van der Waals surface area contributed by atoms with Crippen molar-refractivity contribution in [3.8, 4) is 0 Å². The predicted molar refractivity (Wildman–Crippen MR) is 66.4 cm³/mol. The molecule has 16 heavy (non-hydrogen) atoms. The van der Waals surface area contributed by atoms with Crippen LogP contribution in [-0.4, -0.2) is 11.7 Å². The van der Waals surface area contributed by atoms with Gasteiger partial charge in [-0.3, -0.25) is 0 Å². The van der Waals surface area contributed by atoms with Crippen molar-refractivity contribution in [2.75, 3.05) is 6.54 Å². The normalized spacial score (nSPS) is 27.6. The van der Waals surface area contributed by atoms with E-state index < -0.39 is 5.60 Å². The molecule has 0 radical (unpaired) electrons. The summed E-state index contributed by atoms with van der Waals surface area (Å²) < 4.78 is 0. The van der Waals surface area contributed by atoms with E-state index in [9.17, 15) is 5.11 Å². The monoisotopic (exact) mass is 219 g/mol. The van der Waals surface area contributed by atoms with Crippen molar-refractivity contribution in [1.82, 2.24) is 0 Å². The van der Waals surface area contributed by atoms with Gasteiger partial charge in [-0.15, -0.1) is 0 Å². The summed E-state index contributed by atoms with van der Waals surface area (Å²) in [6, 6.07) is 6.34. The first kappa shape index (κ1) is 11.6. The number of hydrogen-bond donors (Lipinski definition) is 2. The summed E-state index contributed by atoms with van der Waals surface area (Å²) in [5.74, 6) is 0. The van der Waals surface area contributed by atoms with Gasteiger partial charge in [0.25, 0.3) is 0 Å². The van der Waals surface area contributed by atoms with Crippen molar-refractivity contribution in [2.24, 2.45) is 5.73 Å². The Bertz CT molecular complexity index is 411. The Morgan fingerprint density at radius 3 is 2.56 bits per heavy atom. The minimum absolute atomic E-state index is 0.143. The molecule has 0 amide bonds. The van der Waals surface area contributed by atoms with Crippen LogP contribution in [-0.2, 0) is 11.0 Å². The number of hydrogen-bond acceptors (Lipinski definition) is 2. The highest BCUT2D eigenvalue weighted by Gasteiger charge is 2.40. The van der Waals surface area contributed by atoms with Gasteiger partial charge < -0.3 is 10.8 Å². The van der Waals surface area contributed by atoms with Gasteiger partial charge in [0.2, 0.25) is 0 Å². The van der Waals surface area contributed by atoms with E-state index in [-0.39, 0.29) is 5.41 Å². The second-order valence-electron chi connectivity index (χ2n) is 5.67. The van der Waals surface area contributed by atoms with E-state index in [0.29, 0.717) is 6.54 Å². The molecule has 2 nitrogen and oxygen atoms in total. The molecule has 0 heterocycles. The van der Waals surface area contributed by atoms with Crippen LogP contribution >= 0.6 is 0 Å². The Hall–Kier alpha value is -0.860. The zero-order valence-electron chi connectivity index (χ0n) is 10.4. The molecule has 0 bridgehead atoms. The molecule has 0 aromatic heterocycles. The van der Waals surface area contributed by atoms with Crippen molar-refractivity contribution >= 4 is 0 Å². The Kier molecular flexibility index (Phi) is 2.59. The highest BCUT2D eigenvalue weighted by atomic mass is 16.3. The number of aryl methyl sites for hydroxylation is 1. The maximum atomic E-state index is 10.6. The number of benzene rings is 1. The van der Waals surface area contributed by atoms with E-state index in [0.717, 1.165) is 18.4 Å². The van der Waals surface area contributed by atoms with Crippen LogP contribution in [0.3, 0.4) is 0 Å². The van der Waals surface area contributed by atoms with E-state index in [1.165, 1.54) is 11.1 Å². The Morgan fingerprint density at radius 2 is 1.94 bits per heavy atom. The summed E-state index contributed by atoms with van der Waals surface area (Å²) in [5.41, 5.74) is 8.53. The fourth-order valence-electron chi connectivity index (χ4n) is 2.63. The van der Waals surface area contributed by atoms with E-state index >= 15 is 0 Å². The lowest BCUT2D eigenvalue weighted by molar-refractivity contribution is 0.0175. The largest absolute Gasteiger partial charge is 0.384 e. The molecular weight excluding hydrogens is 198 g/mol. The van der Waals surface area contributed by atoms with E-state index in [1.807, 2.05) is 0 Å². The third-order valence-electron chi connectivity index (χ3n) is 3.91. The molecule has 1 aromatic rings. The number of aliphatic hydroxyl groups is 1. The molecule has 1 aromatic carbocycles. The highest BCUT2D eigenvalue weighted by Crippen LogP contribution is 2.44. The van der Waals surface area contributed by atoms with Gasteiger partial charge in [-0.05, 0) is 36.3 Å². The fraction of sp³-hybridized carbons (Fsp3) is 0.571. The Morgan fingerprint density at radius 1 is 1.25 bits per heavy atom. The van der Waals surface area contributed by atoms with Crippen molar-refractivity contribution in [1.29, 1.82) is 0 Å². The van der Waals surface area contributed by atoms with Gasteiger partial charge in [-0.2, -0.15) is 0 Å². The smallest absolute Gasteiger partial charge is 0.102 e. The maximum Gasteiger partial charge on any atom is 0.102 e. The second kappa shape index (κ2) is 3.57. The molecule has 0 spiro atoms. The first-order valence-corrected chi connectivity index (χ1v) is 5.93. The third-order valence-corrected chi connectivity index (χ3v) is 3.91. The molecule has 0 saturated heterocycles. The second-order valence-corrected chi connectivity index (χ2v) is 5.67. The zero-order chi connectivity index (χ0) is 12.0. The third kappa shape index (κ3) is 1.66. The minimum Gasteiger partial charge on any atom is -0.384 e. The summed E-state index contributed by atoms with van der Waals surface area (Å²) in [4.78, 5) is 0. The molecule has 0 saturated carbocycles. The summed E-state index contributed by atoms with van der Waals surface area (Å²) in [5, 5.41) is 10.6. The van der Waals surface area contributed by atoms with Gasteiger partial charge in [-0.1, -0.05) is 37.6 Å². The van der Waals surface area contributed by atoms with Gasteiger partial charge in [0.05, 0.1) is 0 Å². The topological polar surface area (TPSA) is 46.2 Å². The molecule has 1 aliphatic carbocycles. The van der Waals surface area contributed by atoms with Gasteiger partial charge in [0.15, 0.2) is 0 Å². The van der Waals surface area contributed by atoms with Gasteiger partial charge >= 0.3 is 0 Å². The van der Waals surface area contributed by atoms with Crippen LogP contribution in [0.15, 0.2) is 18.2 Å². The zero-order valence-corrected chi connectivity index (χ0v) is 10.4. The van der Waals surface area contributed by atoms with Crippen LogP contribution in [0, 0.1) is 6.92 Å². The lowest BCUT2D eigenvalue weighted by Gasteiger charge is -2.42. The summed E-state index contributed by atoms with van der Waals surface area (Å²) in [6.07, 6.45) is 1.74. The molecule has 0 aliphatic heterocycles. The highest BCUT2D eigenvalue weighted by molar-refractivity contribution is 5.42. The Labute approximate surface area is 97.5 Å². The van der Waals surface area contributed by atoms with Crippen molar-refractivity contribution in [3.05, 3.63) is 34.9 Å². The molecule has 3 N–H and O–H groups in total. The predicted octanol–water partition coefficient (Wildman–Crippen LogP) is 2.21. The van der Waals surface area contributed by atoms with Crippen LogP contribution in [0.1, 0.15) is 43.4 Å². The summed E-state index contributed by atoms with van der Waals surface area (Å²) in [6.45, 7) is 6.83. The van der Waals surface area contributed by atoms with Gasteiger partial charge in [0.1, 0.15) is 5.60 Å². The molecule has 2 rings (SSSR count). The fourth-order valence-corrected chi connectivity index (χ4v) is 2.63. The molecule has 1 unspecified atom stereocenters. The number of fused-ring (bicyclic) bond motifs is 1. The molecule has 1 atom stereocenters. The quantitative estimate of drug-likeness (QED) is 0.760. The van der Waals surface area contributed by atoms with E-state index in [2.05, 4.69) is 39.0 Å². The first-order valence-electron chi connectivity index (χ1n) is 5.93. The average Bonchev–Trinajstić information content (AvgIpc) is 2.24. The van der Waals surface area contributed by atoms with Crippen LogP contribution in [0.5, 0.6) is 0 Å². The van der Waals surface area contributed by atoms with Crippen LogP contribution < -0.4 is 5.73 Å². The van der Waals surface area contributed by atoms with Crippen LogP contribution in [0.25, 0.3) is 0 Å². The number of nitrogens with two attached hydrogens (primary N) is 1. The van der Waals surface area contributed by atoms with E-state index in [1.54, 1.807) is 0 Å². The molecule has 0 fully saturated rings. The molecule has 1 aliphatic rings. The summed E-state index contributed by atoms with van der Waals surface area (Å²) in [7, 11) is 0. The summed E-state index contributed by atoms with van der Waals surface area (Å²) >= 11 is 0. The maximum absolute atomic E-state index is 10.6. The number of rotatable bonds is 1. The van der Waals surface area contributed by atoms with Crippen molar-refractivity contribution < 1.29 is 5.11 Å². The standard InChI is InChI=1S/C14H21NO/c1-10-4-5-11-12(8-10)14(16,9-15)7-6-13(11,2)3/h4-5,8,16H,6-7,9,15H2,1-3H3.